The van der Waals surface area contributed by atoms with Gasteiger partial charge in [0.15, 0.2) is 0 Å². The third-order valence-corrected chi connectivity index (χ3v) is 3.07. The lowest BCUT2D eigenvalue weighted by Gasteiger charge is -2.22. The van der Waals surface area contributed by atoms with E-state index in [4.69, 9.17) is 22.7 Å². The maximum absolute atomic E-state index is 7.62. The van der Waals surface area contributed by atoms with Crippen LogP contribution in [-0.4, -0.2) is 17.9 Å². The van der Waals surface area contributed by atoms with E-state index in [0.717, 1.165) is 11.3 Å². The molecule has 0 saturated carbocycles. The van der Waals surface area contributed by atoms with Gasteiger partial charge in [-0.3, -0.25) is 10.4 Å². The number of aromatic nitrogens is 1. The second-order valence-electron chi connectivity index (χ2n) is 4.29. The Morgan fingerprint density at radius 2 is 2.00 bits per heavy atom. The van der Waals surface area contributed by atoms with Crippen LogP contribution in [0.25, 0.3) is 0 Å². The van der Waals surface area contributed by atoms with E-state index >= 15 is 0 Å². The van der Waals surface area contributed by atoms with Crippen LogP contribution in [0.3, 0.4) is 0 Å². The second kappa shape index (κ2) is 5.71. The zero-order chi connectivity index (χ0) is 13.8. The van der Waals surface area contributed by atoms with E-state index in [1.807, 2.05) is 30.1 Å². The number of amidine groups is 1. The number of hydrogen-bond donors (Lipinski definition) is 2. The van der Waals surface area contributed by atoms with Crippen molar-refractivity contribution >= 4 is 23.1 Å². The number of anilines is 1. The van der Waals surface area contributed by atoms with Crippen molar-refractivity contribution in [1.82, 2.24) is 4.98 Å². The number of hydrogen-bond acceptors (Lipinski definition) is 3. The summed E-state index contributed by atoms with van der Waals surface area (Å²) in [6, 6.07) is 9.23. The van der Waals surface area contributed by atoms with E-state index in [9.17, 15) is 0 Å². The fourth-order valence-electron chi connectivity index (χ4n) is 1.90. The average molecular weight is 275 g/mol. The van der Waals surface area contributed by atoms with Crippen LogP contribution in [0.4, 0.5) is 5.69 Å². The summed E-state index contributed by atoms with van der Waals surface area (Å²) in [6.45, 7) is 0.698. The number of halogens is 1. The minimum atomic E-state index is 0.0354. The number of nitrogen functional groups attached to an aromatic ring is 1. The summed E-state index contributed by atoms with van der Waals surface area (Å²) in [5, 5.41) is 8.24. The predicted molar refractivity (Wildman–Crippen MR) is 78.8 cm³/mol. The van der Waals surface area contributed by atoms with Gasteiger partial charge in [0.2, 0.25) is 0 Å². The number of rotatable bonds is 4. The van der Waals surface area contributed by atoms with E-state index in [-0.39, 0.29) is 5.84 Å². The van der Waals surface area contributed by atoms with Crippen LogP contribution < -0.4 is 10.6 Å². The van der Waals surface area contributed by atoms with Gasteiger partial charge in [0.25, 0.3) is 0 Å². The Morgan fingerprint density at radius 1 is 1.32 bits per heavy atom. The normalized spacial score (nSPS) is 10.2. The van der Waals surface area contributed by atoms with Gasteiger partial charge in [0.1, 0.15) is 5.84 Å². The van der Waals surface area contributed by atoms with Crippen molar-refractivity contribution in [2.45, 2.75) is 6.54 Å². The Balaban J connectivity index is 2.30. The van der Waals surface area contributed by atoms with Crippen LogP contribution in [0.5, 0.6) is 0 Å². The van der Waals surface area contributed by atoms with Crippen molar-refractivity contribution in [3.05, 3.63) is 58.9 Å². The topological polar surface area (TPSA) is 66.0 Å². The van der Waals surface area contributed by atoms with Gasteiger partial charge < -0.3 is 10.6 Å². The quantitative estimate of drug-likeness (QED) is 0.665. The van der Waals surface area contributed by atoms with Gasteiger partial charge in [-0.15, -0.1) is 0 Å². The van der Waals surface area contributed by atoms with E-state index in [2.05, 4.69) is 4.98 Å². The molecule has 0 spiro atoms. The van der Waals surface area contributed by atoms with Crippen LogP contribution in [0.2, 0.25) is 5.02 Å². The molecule has 2 rings (SSSR count). The Kier molecular flexibility index (Phi) is 4.02. The molecule has 3 N–H and O–H groups in total. The fraction of sp³-hybridized carbons (Fsp3) is 0.143. The molecule has 0 unspecified atom stereocenters. The Labute approximate surface area is 117 Å². The van der Waals surface area contributed by atoms with Crippen LogP contribution in [0.1, 0.15) is 11.1 Å². The average Bonchev–Trinajstić information content (AvgIpc) is 2.39. The number of benzene rings is 1. The summed E-state index contributed by atoms with van der Waals surface area (Å²) in [4.78, 5) is 6.00. The highest BCUT2D eigenvalue weighted by atomic mass is 35.5. The van der Waals surface area contributed by atoms with Crippen molar-refractivity contribution in [3.8, 4) is 0 Å². The summed E-state index contributed by atoms with van der Waals surface area (Å²) >= 11 is 6.02. The van der Waals surface area contributed by atoms with Gasteiger partial charge in [-0.1, -0.05) is 11.6 Å². The van der Waals surface area contributed by atoms with Crippen molar-refractivity contribution in [2.75, 3.05) is 11.9 Å². The minimum Gasteiger partial charge on any atom is -0.384 e. The Bertz CT molecular complexity index is 583. The van der Waals surface area contributed by atoms with Gasteiger partial charge in [0.05, 0.1) is 0 Å². The number of pyridine rings is 1. The lowest BCUT2D eigenvalue weighted by molar-refractivity contribution is 0.918. The number of nitrogens with one attached hydrogen (secondary N) is 1. The van der Waals surface area contributed by atoms with Crippen molar-refractivity contribution in [1.29, 1.82) is 5.41 Å². The van der Waals surface area contributed by atoms with Gasteiger partial charge in [-0.2, -0.15) is 0 Å². The van der Waals surface area contributed by atoms with E-state index in [0.29, 0.717) is 17.1 Å². The summed E-state index contributed by atoms with van der Waals surface area (Å²) in [5.41, 5.74) is 8.26. The largest absolute Gasteiger partial charge is 0.384 e. The van der Waals surface area contributed by atoms with Gasteiger partial charge in [-0.25, -0.2) is 0 Å². The van der Waals surface area contributed by atoms with Gasteiger partial charge in [0, 0.05) is 42.3 Å². The molecule has 1 aromatic heterocycles. The van der Waals surface area contributed by atoms with Crippen molar-refractivity contribution in [2.24, 2.45) is 5.73 Å². The minimum absolute atomic E-state index is 0.0354. The molecule has 0 aliphatic rings. The molecule has 0 saturated heterocycles. The Morgan fingerprint density at radius 3 is 2.63 bits per heavy atom. The van der Waals surface area contributed by atoms with Crippen LogP contribution in [-0.2, 0) is 6.54 Å². The number of nitrogens with zero attached hydrogens (tertiary/aromatic N) is 2. The molecule has 5 heteroatoms. The summed E-state index contributed by atoms with van der Waals surface area (Å²) in [7, 11) is 1.94. The SMILES string of the molecule is CN(Cc1ccncc1)c1cc(Cl)ccc1C(=N)N. The molecule has 19 heavy (non-hydrogen) atoms. The molecule has 0 fully saturated rings. The molecular formula is C14H15ClN4. The second-order valence-corrected chi connectivity index (χ2v) is 4.72. The van der Waals surface area contributed by atoms with Crippen LogP contribution >= 0.6 is 11.6 Å². The van der Waals surface area contributed by atoms with Crippen LogP contribution in [0.15, 0.2) is 42.7 Å². The van der Waals surface area contributed by atoms with Crippen molar-refractivity contribution < 1.29 is 0 Å². The highest BCUT2D eigenvalue weighted by Crippen LogP contribution is 2.25. The maximum atomic E-state index is 7.62. The molecule has 0 radical (unpaired) electrons. The predicted octanol–water partition coefficient (Wildman–Crippen LogP) is 2.66. The standard InChI is InChI=1S/C14H15ClN4/c1-19(9-10-4-6-18-7-5-10)13-8-11(15)2-3-12(13)14(16)17/h2-8H,9H2,1H3,(H3,16,17). The third kappa shape index (κ3) is 3.23. The lowest BCUT2D eigenvalue weighted by Crippen LogP contribution is -2.22. The zero-order valence-electron chi connectivity index (χ0n) is 10.6. The zero-order valence-corrected chi connectivity index (χ0v) is 11.4. The first-order valence-corrected chi connectivity index (χ1v) is 6.19. The van der Waals surface area contributed by atoms with E-state index in [1.165, 1.54) is 0 Å². The Hall–Kier alpha value is -2.07. The highest BCUT2D eigenvalue weighted by molar-refractivity contribution is 6.31. The van der Waals surface area contributed by atoms with Crippen molar-refractivity contribution in [3.63, 3.8) is 0 Å². The first-order chi connectivity index (χ1) is 9.08. The highest BCUT2D eigenvalue weighted by Gasteiger charge is 2.11. The maximum Gasteiger partial charge on any atom is 0.124 e. The molecule has 1 heterocycles. The molecule has 2 aromatic rings. The first-order valence-electron chi connectivity index (χ1n) is 5.82. The summed E-state index contributed by atoms with van der Waals surface area (Å²) < 4.78 is 0. The van der Waals surface area contributed by atoms with E-state index in [1.54, 1.807) is 24.5 Å². The summed E-state index contributed by atoms with van der Waals surface area (Å²) in [6.07, 6.45) is 3.51. The smallest absolute Gasteiger partial charge is 0.124 e. The molecule has 98 valence electrons. The first kappa shape index (κ1) is 13.4. The third-order valence-electron chi connectivity index (χ3n) is 2.83. The molecule has 4 nitrogen and oxygen atoms in total. The molecular weight excluding hydrogens is 260 g/mol. The van der Waals surface area contributed by atoms with Gasteiger partial charge in [-0.05, 0) is 35.9 Å². The molecule has 0 amide bonds. The lowest BCUT2D eigenvalue weighted by atomic mass is 10.1. The fourth-order valence-corrected chi connectivity index (χ4v) is 2.06. The summed E-state index contributed by atoms with van der Waals surface area (Å²) in [5.74, 6) is 0.0354. The molecule has 0 aliphatic carbocycles. The monoisotopic (exact) mass is 274 g/mol. The molecule has 1 aromatic carbocycles. The molecule has 0 bridgehead atoms. The number of nitrogens with two attached hydrogens (primary N) is 1. The molecule has 0 atom stereocenters. The molecule has 0 aliphatic heterocycles. The van der Waals surface area contributed by atoms with Gasteiger partial charge >= 0.3 is 0 Å². The van der Waals surface area contributed by atoms with Crippen LogP contribution in [0, 0.1) is 5.41 Å². The van der Waals surface area contributed by atoms with E-state index < -0.39 is 0 Å².